The molecule has 0 aliphatic rings. The molecule has 0 heterocycles. The third-order valence-corrected chi connectivity index (χ3v) is 2.23. The van der Waals surface area contributed by atoms with Crippen LogP contribution in [0.1, 0.15) is 12.0 Å². The van der Waals surface area contributed by atoms with Gasteiger partial charge >= 0.3 is 5.97 Å². The molecule has 0 saturated carbocycles. The van der Waals surface area contributed by atoms with Crippen LogP contribution in [0.2, 0.25) is 0 Å². The normalized spacial score (nSPS) is 12.6. The zero-order valence-corrected chi connectivity index (χ0v) is 9.30. The lowest BCUT2D eigenvalue weighted by Gasteiger charge is -2.05. The van der Waals surface area contributed by atoms with Gasteiger partial charge in [0.15, 0.2) is 0 Å². The van der Waals surface area contributed by atoms with Crippen LogP contribution in [0.3, 0.4) is 0 Å². The highest BCUT2D eigenvalue weighted by Crippen LogP contribution is 2.05. The smallest absolute Gasteiger partial charge is 0.330 e. The molecule has 1 unspecified atom stereocenters. The molecular formula is C13H16O3. The van der Waals surface area contributed by atoms with Crippen LogP contribution >= 0.6 is 0 Å². The summed E-state index contributed by atoms with van der Waals surface area (Å²) in [5.74, 6) is -0.446. The van der Waals surface area contributed by atoms with Gasteiger partial charge in [-0.25, -0.2) is 4.79 Å². The van der Waals surface area contributed by atoms with Crippen LogP contribution in [-0.4, -0.2) is 24.3 Å². The number of methoxy groups -OCH3 is 1. The summed E-state index contributed by atoms with van der Waals surface area (Å²) in [6, 6.07) is 9.91. The highest BCUT2D eigenvalue weighted by Gasteiger charge is 2.01. The van der Waals surface area contributed by atoms with E-state index in [1.54, 1.807) is 0 Å². The number of rotatable bonds is 5. The van der Waals surface area contributed by atoms with Gasteiger partial charge in [-0.1, -0.05) is 30.3 Å². The Kier molecular flexibility index (Phi) is 5.29. The summed E-state index contributed by atoms with van der Waals surface area (Å²) in [5, 5.41) is 9.56. The SMILES string of the molecule is COC(=O)C=CC(O)CCc1ccccc1. The number of aliphatic hydroxyl groups excluding tert-OH is 1. The molecule has 0 aliphatic heterocycles. The summed E-state index contributed by atoms with van der Waals surface area (Å²) in [5.41, 5.74) is 1.17. The van der Waals surface area contributed by atoms with Crippen molar-refractivity contribution in [2.75, 3.05) is 7.11 Å². The molecule has 0 saturated heterocycles. The fourth-order valence-corrected chi connectivity index (χ4v) is 1.31. The van der Waals surface area contributed by atoms with Gasteiger partial charge in [-0.05, 0) is 24.5 Å². The quantitative estimate of drug-likeness (QED) is 0.607. The lowest BCUT2D eigenvalue weighted by molar-refractivity contribution is -0.134. The predicted octanol–water partition coefficient (Wildman–Crippen LogP) is 1.71. The van der Waals surface area contributed by atoms with E-state index in [0.29, 0.717) is 6.42 Å². The summed E-state index contributed by atoms with van der Waals surface area (Å²) in [4.78, 5) is 10.8. The maximum absolute atomic E-state index is 10.8. The second kappa shape index (κ2) is 6.80. The van der Waals surface area contributed by atoms with Crippen LogP contribution in [-0.2, 0) is 16.0 Å². The van der Waals surface area contributed by atoms with Crippen molar-refractivity contribution in [2.24, 2.45) is 0 Å². The maximum Gasteiger partial charge on any atom is 0.330 e. The second-order valence-electron chi connectivity index (χ2n) is 3.47. The minimum Gasteiger partial charge on any atom is -0.466 e. The van der Waals surface area contributed by atoms with E-state index < -0.39 is 12.1 Å². The van der Waals surface area contributed by atoms with Gasteiger partial charge in [0, 0.05) is 6.08 Å². The van der Waals surface area contributed by atoms with E-state index in [0.717, 1.165) is 6.42 Å². The van der Waals surface area contributed by atoms with Crippen molar-refractivity contribution in [3.8, 4) is 0 Å². The molecule has 0 aromatic heterocycles. The van der Waals surface area contributed by atoms with Gasteiger partial charge in [0.1, 0.15) is 0 Å². The first-order valence-electron chi connectivity index (χ1n) is 5.20. The van der Waals surface area contributed by atoms with Crippen LogP contribution < -0.4 is 0 Å². The molecule has 1 N–H and O–H groups in total. The van der Waals surface area contributed by atoms with E-state index >= 15 is 0 Å². The van der Waals surface area contributed by atoms with Crippen LogP contribution in [0.4, 0.5) is 0 Å². The van der Waals surface area contributed by atoms with Crippen molar-refractivity contribution < 1.29 is 14.6 Å². The average molecular weight is 220 g/mol. The van der Waals surface area contributed by atoms with Gasteiger partial charge in [0.25, 0.3) is 0 Å². The van der Waals surface area contributed by atoms with E-state index in [2.05, 4.69) is 4.74 Å². The Morgan fingerprint density at radius 1 is 1.44 bits per heavy atom. The van der Waals surface area contributed by atoms with E-state index in [4.69, 9.17) is 0 Å². The topological polar surface area (TPSA) is 46.5 Å². The number of benzene rings is 1. The molecule has 0 radical (unpaired) electrons. The van der Waals surface area contributed by atoms with Crippen molar-refractivity contribution in [3.63, 3.8) is 0 Å². The van der Waals surface area contributed by atoms with Gasteiger partial charge in [-0.2, -0.15) is 0 Å². The molecule has 3 heteroatoms. The Labute approximate surface area is 95.4 Å². The number of carbonyl (C=O) groups is 1. The average Bonchev–Trinajstić information content (AvgIpc) is 2.34. The fourth-order valence-electron chi connectivity index (χ4n) is 1.31. The van der Waals surface area contributed by atoms with Crippen LogP contribution in [0.5, 0.6) is 0 Å². The van der Waals surface area contributed by atoms with E-state index in [9.17, 15) is 9.90 Å². The number of hydrogen-bond acceptors (Lipinski definition) is 3. The highest BCUT2D eigenvalue weighted by molar-refractivity contribution is 5.81. The van der Waals surface area contributed by atoms with E-state index in [1.165, 1.54) is 24.8 Å². The molecule has 1 atom stereocenters. The van der Waals surface area contributed by atoms with Crippen molar-refractivity contribution in [3.05, 3.63) is 48.0 Å². The molecule has 3 nitrogen and oxygen atoms in total. The van der Waals surface area contributed by atoms with Crippen molar-refractivity contribution in [2.45, 2.75) is 18.9 Å². The minimum atomic E-state index is -0.612. The number of aryl methyl sites for hydroxylation is 1. The zero-order chi connectivity index (χ0) is 11.8. The number of ether oxygens (including phenoxy) is 1. The standard InChI is InChI=1S/C13H16O3/c1-16-13(15)10-9-12(14)8-7-11-5-3-2-4-6-11/h2-6,9-10,12,14H,7-8H2,1H3. The van der Waals surface area contributed by atoms with E-state index in [1.807, 2.05) is 30.3 Å². The van der Waals surface area contributed by atoms with Gasteiger partial charge in [-0.15, -0.1) is 0 Å². The lowest BCUT2D eigenvalue weighted by Crippen LogP contribution is -2.05. The molecule has 0 aliphatic carbocycles. The van der Waals surface area contributed by atoms with Gasteiger partial charge < -0.3 is 9.84 Å². The first kappa shape index (κ1) is 12.5. The summed E-state index contributed by atoms with van der Waals surface area (Å²) < 4.78 is 4.43. The number of aliphatic hydroxyl groups is 1. The third-order valence-electron chi connectivity index (χ3n) is 2.23. The monoisotopic (exact) mass is 220 g/mol. The van der Waals surface area contributed by atoms with Gasteiger partial charge in [0.2, 0.25) is 0 Å². The van der Waals surface area contributed by atoms with Crippen LogP contribution in [0, 0.1) is 0 Å². The van der Waals surface area contributed by atoms with Crippen molar-refractivity contribution >= 4 is 5.97 Å². The number of esters is 1. The van der Waals surface area contributed by atoms with Crippen molar-refractivity contribution in [1.82, 2.24) is 0 Å². The highest BCUT2D eigenvalue weighted by atomic mass is 16.5. The molecule has 1 aromatic rings. The molecule has 1 rings (SSSR count). The Morgan fingerprint density at radius 3 is 2.75 bits per heavy atom. The molecule has 86 valence electrons. The fraction of sp³-hybridized carbons (Fsp3) is 0.308. The van der Waals surface area contributed by atoms with Crippen molar-refractivity contribution in [1.29, 1.82) is 0 Å². The Morgan fingerprint density at radius 2 is 2.12 bits per heavy atom. The molecular weight excluding hydrogens is 204 g/mol. The first-order valence-corrected chi connectivity index (χ1v) is 5.20. The number of hydrogen-bond donors (Lipinski definition) is 1. The lowest BCUT2D eigenvalue weighted by atomic mass is 10.1. The molecule has 16 heavy (non-hydrogen) atoms. The van der Waals surface area contributed by atoms with Gasteiger partial charge in [-0.3, -0.25) is 0 Å². The summed E-state index contributed by atoms with van der Waals surface area (Å²) in [6.45, 7) is 0. The summed E-state index contributed by atoms with van der Waals surface area (Å²) >= 11 is 0. The molecule has 0 fully saturated rings. The predicted molar refractivity (Wildman–Crippen MR) is 61.9 cm³/mol. The first-order chi connectivity index (χ1) is 7.72. The molecule has 1 aromatic carbocycles. The zero-order valence-electron chi connectivity index (χ0n) is 9.30. The Hall–Kier alpha value is -1.61. The molecule has 0 spiro atoms. The second-order valence-corrected chi connectivity index (χ2v) is 3.47. The van der Waals surface area contributed by atoms with E-state index in [-0.39, 0.29) is 0 Å². The minimum absolute atomic E-state index is 0.446. The van der Waals surface area contributed by atoms with Crippen LogP contribution in [0.25, 0.3) is 0 Å². The maximum atomic E-state index is 10.8. The molecule has 0 bridgehead atoms. The third kappa shape index (κ3) is 4.75. The summed E-state index contributed by atoms with van der Waals surface area (Å²) in [6.07, 6.45) is 3.47. The summed E-state index contributed by atoms with van der Waals surface area (Å²) in [7, 11) is 1.31. The molecule has 0 amide bonds. The van der Waals surface area contributed by atoms with Crippen LogP contribution in [0.15, 0.2) is 42.5 Å². The number of carbonyl (C=O) groups excluding carboxylic acids is 1. The largest absolute Gasteiger partial charge is 0.466 e. The van der Waals surface area contributed by atoms with Gasteiger partial charge in [0.05, 0.1) is 13.2 Å². The Balaban J connectivity index is 2.33. The Bertz CT molecular complexity index is 343.